The topological polar surface area (TPSA) is 84.5 Å². The number of hydrogen-bond donors (Lipinski definition) is 2. The van der Waals surface area contributed by atoms with Gasteiger partial charge in [0.25, 0.3) is 15.9 Å². The van der Waals surface area contributed by atoms with Gasteiger partial charge in [-0.2, -0.15) is 0 Å². The van der Waals surface area contributed by atoms with Gasteiger partial charge in [0.05, 0.1) is 16.4 Å². The van der Waals surface area contributed by atoms with Crippen molar-refractivity contribution in [2.75, 3.05) is 6.61 Å². The number of rotatable bonds is 7. The zero-order valence-corrected chi connectivity index (χ0v) is 15.4. The third-order valence-electron chi connectivity index (χ3n) is 3.31. The molecule has 2 rings (SSSR count). The van der Waals surface area contributed by atoms with E-state index in [2.05, 4.69) is 10.3 Å². The molecule has 0 aliphatic heterocycles. The number of ether oxygens (including phenoxy) is 1. The predicted octanol–water partition coefficient (Wildman–Crippen LogP) is 2.64. The minimum atomic E-state index is -3.84. The summed E-state index contributed by atoms with van der Waals surface area (Å²) in [5.74, 6) is 0.110. The van der Waals surface area contributed by atoms with E-state index in [-0.39, 0.29) is 4.90 Å². The zero-order chi connectivity index (χ0) is 17.7. The van der Waals surface area contributed by atoms with Gasteiger partial charge in [0.1, 0.15) is 5.75 Å². The second-order valence-electron chi connectivity index (χ2n) is 5.03. The van der Waals surface area contributed by atoms with Crippen molar-refractivity contribution in [3.05, 3.63) is 45.6 Å². The fourth-order valence-electron chi connectivity index (χ4n) is 2.10. The molecule has 0 saturated heterocycles. The second-order valence-corrected chi connectivity index (χ2v) is 7.85. The van der Waals surface area contributed by atoms with Gasteiger partial charge in [-0.3, -0.25) is 10.2 Å². The molecule has 1 aromatic heterocycles. The van der Waals surface area contributed by atoms with Crippen LogP contribution in [0.4, 0.5) is 0 Å². The molecule has 0 bridgehead atoms. The van der Waals surface area contributed by atoms with Crippen LogP contribution in [0.15, 0.2) is 35.2 Å². The first kappa shape index (κ1) is 18.4. The van der Waals surface area contributed by atoms with Crippen LogP contribution in [0.3, 0.4) is 0 Å². The van der Waals surface area contributed by atoms with Crippen LogP contribution in [-0.2, 0) is 16.4 Å². The Morgan fingerprint density at radius 3 is 2.42 bits per heavy atom. The molecule has 0 aliphatic carbocycles. The fourth-order valence-corrected chi connectivity index (χ4v) is 3.95. The van der Waals surface area contributed by atoms with Gasteiger partial charge >= 0.3 is 0 Å². The van der Waals surface area contributed by atoms with Crippen molar-refractivity contribution in [2.45, 2.75) is 32.1 Å². The predicted molar refractivity (Wildman–Crippen MR) is 93.8 cm³/mol. The molecule has 0 aliphatic rings. The summed E-state index contributed by atoms with van der Waals surface area (Å²) in [4.78, 5) is 15.8. The van der Waals surface area contributed by atoms with E-state index in [1.54, 1.807) is 18.2 Å². The highest BCUT2D eigenvalue weighted by atomic mass is 32.2. The van der Waals surface area contributed by atoms with Crippen LogP contribution in [0, 0.1) is 6.92 Å². The molecule has 8 heteroatoms. The third-order valence-corrected chi connectivity index (χ3v) is 5.95. The Bertz CT molecular complexity index is 811. The summed E-state index contributed by atoms with van der Waals surface area (Å²) < 4.78 is 29.7. The SMILES string of the molecule is CCOc1ccc(S(=O)(=O)NNC(=O)c2cc(C)c(CC)s2)cc1. The minimum Gasteiger partial charge on any atom is -0.494 e. The van der Waals surface area contributed by atoms with Gasteiger partial charge in [0.15, 0.2) is 0 Å². The summed E-state index contributed by atoms with van der Waals surface area (Å²) >= 11 is 1.36. The lowest BCUT2D eigenvalue weighted by Crippen LogP contribution is -2.41. The van der Waals surface area contributed by atoms with Gasteiger partial charge in [-0.05, 0) is 56.2 Å². The third kappa shape index (κ3) is 4.34. The van der Waals surface area contributed by atoms with Gasteiger partial charge in [0.2, 0.25) is 0 Å². The zero-order valence-electron chi connectivity index (χ0n) is 13.8. The number of amides is 1. The molecule has 0 saturated carbocycles. The molecule has 0 radical (unpaired) electrons. The maximum Gasteiger partial charge on any atom is 0.276 e. The minimum absolute atomic E-state index is 0.0443. The largest absolute Gasteiger partial charge is 0.494 e. The summed E-state index contributed by atoms with van der Waals surface area (Å²) in [7, 11) is -3.84. The highest BCUT2D eigenvalue weighted by molar-refractivity contribution is 7.89. The molecule has 0 spiro atoms. The monoisotopic (exact) mass is 368 g/mol. The van der Waals surface area contributed by atoms with Gasteiger partial charge in [-0.15, -0.1) is 16.2 Å². The van der Waals surface area contributed by atoms with Gasteiger partial charge < -0.3 is 4.74 Å². The van der Waals surface area contributed by atoms with Crippen molar-refractivity contribution < 1.29 is 17.9 Å². The van der Waals surface area contributed by atoms with Crippen molar-refractivity contribution in [1.29, 1.82) is 0 Å². The number of thiophene rings is 1. The van der Waals surface area contributed by atoms with Crippen LogP contribution in [-0.4, -0.2) is 20.9 Å². The Balaban J connectivity index is 2.04. The maximum absolute atomic E-state index is 12.2. The smallest absolute Gasteiger partial charge is 0.276 e. The molecule has 6 nitrogen and oxygen atoms in total. The number of benzene rings is 1. The van der Waals surface area contributed by atoms with Crippen molar-refractivity contribution in [2.24, 2.45) is 0 Å². The molecule has 2 aromatic rings. The summed E-state index contributed by atoms with van der Waals surface area (Å²) in [5.41, 5.74) is 3.27. The van der Waals surface area contributed by atoms with Crippen molar-refractivity contribution in [3.8, 4) is 5.75 Å². The average molecular weight is 368 g/mol. The maximum atomic E-state index is 12.2. The number of sulfonamides is 1. The van der Waals surface area contributed by atoms with Gasteiger partial charge in [-0.1, -0.05) is 6.92 Å². The standard InChI is InChI=1S/C16H20N2O4S2/c1-4-14-11(3)10-15(23-14)16(19)17-18-24(20,21)13-8-6-12(7-9-13)22-5-2/h6-10,18H,4-5H2,1-3H3,(H,17,19). The molecule has 0 fully saturated rings. The average Bonchev–Trinajstić information content (AvgIpc) is 2.94. The molecule has 1 aromatic carbocycles. The summed E-state index contributed by atoms with van der Waals surface area (Å²) in [6, 6.07) is 7.73. The van der Waals surface area contributed by atoms with Gasteiger partial charge in [-0.25, -0.2) is 8.42 Å². The number of hydrogen-bond acceptors (Lipinski definition) is 5. The first-order valence-electron chi connectivity index (χ1n) is 7.51. The Morgan fingerprint density at radius 2 is 1.88 bits per heavy atom. The van der Waals surface area contributed by atoms with Crippen LogP contribution < -0.4 is 15.0 Å². The van der Waals surface area contributed by atoms with Crippen molar-refractivity contribution >= 4 is 27.3 Å². The lowest BCUT2D eigenvalue weighted by atomic mass is 10.2. The first-order chi connectivity index (χ1) is 11.4. The Hall–Kier alpha value is -1.90. The Kier molecular flexibility index (Phi) is 5.98. The second kappa shape index (κ2) is 7.78. The number of carbonyl (C=O) groups is 1. The van der Waals surface area contributed by atoms with Crippen LogP contribution in [0.25, 0.3) is 0 Å². The highest BCUT2D eigenvalue weighted by Crippen LogP contribution is 2.22. The van der Waals surface area contributed by atoms with Crippen LogP contribution in [0.5, 0.6) is 5.75 Å². The number of hydrazine groups is 1. The number of carbonyl (C=O) groups excluding carboxylic acids is 1. The van der Waals surface area contributed by atoms with Crippen LogP contribution in [0.2, 0.25) is 0 Å². The van der Waals surface area contributed by atoms with E-state index in [4.69, 9.17) is 4.74 Å². The van der Waals surface area contributed by atoms with Gasteiger partial charge in [0, 0.05) is 4.88 Å². The van der Waals surface area contributed by atoms with Crippen LogP contribution >= 0.6 is 11.3 Å². The fraction of sp³-hybridized carbons (Fsp3) is 0.312. The van der Waals surface area contributed by atoms with E-state index in [0.29, 0.717) is 17.2 Å². The molecule has 1 amide bonds. The normalized spacial score (nSPS) is 11.3. The summed E-state index contributed by atoms with van der Waals surface area (Å²) in [6.07, 6.45) is 0.835. The van der Waals surface area contributed by atoms with Crippen molar-refractivity contribution in [3.63, 3.8) is 0 Å². The molecule has 130 valence electrons. The molecule has 24 heavy (non-hydrogen) atoms. The van der Waals surface area contributed by atoms with E-state index < -0.39 is 15.9 Å². The lowest BCUT2D eigenvalue weighted by Gasteiger charge is -2.08. The van der Waals surface area contributed by atoms with E-state index >= 15 is 0 Å². The molecule has 0 atom stereocenters. The summed E-state index contributed by atoms with van der Waals surface area (Å²) in [6.45, 7) is 6.28. The Morgan fingerprint density at radius 1 is 1.21 bits per heavy atom. The first-order valence-corrected chi connectivity index (χ1v) is 9.81. The quantitative estimate of drug-likeness (QED) is 0.736. The van der Waals surface area contributed by atoms with E-state index in [1.165, 1.54) is 23.5 Å². The molecular formula is C16H20N2O4S2. The van der Waals surface area contributed by atoms with E-state index in [1.807, 2.05) is 20.8 Å². The summed E-state index contributed by atoms with van der Waals surface area (Å²) in [5, 5.41) is 0. The van der Waals surface area contributed by atoms with Crippen molar-refractivity contribution in [1.82, 2.24) is 10.3 Å². The number of aryl methyl sites for hydroxylation is 2. The Labute approximate surface area is 145 Å². The van der Waals surface area contributed by atoms with Crippen LogP contribution in [0.1, 0.15) is 34.0 Å². The molecule has 0 unspecified atom stereocenters. The highest BCUT2D eigenvalue weighted by Gasteiger charge is 2.17. The molecular weight excluding hydrogens is 348 g/mol. The molecule has 2 N–H and O–H groups in total. The van der Waals surface area contributed by atoms with E-state index in [9.17, 15) is 13.2 Å². The number of nitrogens with one attached hydrogen (secondary N) is 2. The van der Waals surface area contributed by atoms with E-state index in [0.717, 1.165) is 16.9 Å². The lowest BCUT2D eigenvalue weighted by molar-refractivity contribution is 0.0949. The molecule has 1 heterocycles.